The Balaban J connectivity index is 1.54. The van der Waals surface area contributed by atoms with Crippen molar-refractivity contribution in [3.05, 3.63) is 42.2 Å². The molecule has 118 valence electrons. The van der Waals surface area contributed by atoms with E-state index in [4.69, 9.17) is 9.47 Å². The summed E-state index contributed by atoms with van der Waals surface area (Å²) in [6, 6.07) is 7.68. The highest BCUT2D eigenvalue weighted by molar-refractivity contribution is 5.44. The molecule has 6 nitrogen and oxygen atoms in total. The average Bonchev–Trinajstić information content (AvgIpc) is 3.05. The molecule has 0 spiro atoms. The first-order chi connectivity index (χ1) is 10.7. The highest BCUT2D eigenvalue weighted by Gasteiger charge is 2.16. The first-order valence-electron chi connectivity index (χ1n) is 7.51. The van der Waals surface area contributed by atoms with E-state index in [0.717, 1.165) is 17.9 Å². The molecule has 1 aliphatic heterocycles. The van der Waals surface area contributed by atoms with Gasteiger partial charge in [0, 0.05) is 25.0 Å². The van der Waals surface area contributed by atoms with E-state index in [0.29, 0.717) is 25.5 Å². The Morgan fingerprint density at radius 2 is 2.14 bits per heavy atom. The van der Waals surface area contributed by atoms with Gasteiger partial charge in [-0.1, -0.05) is 6.07 Å². The maximum absolute atomic E-state index is 10.3. The number of nitrogens with one attached hydrogen (secondary N) is 1. The van der Waals surface area contributed by atoms with Crippen molar-refractivity contribution in [1.29, 1.82) is 0 Å². The first kappa shape index (κ1) is 14.9. The minimum atomic E-state index is -0.587. The lowest BCUT2D eigenvalue weighted by Gasteiger charge is -2.21. The lowest BCUT2D eigenvalue weighted by Crippen LogP contribution is -2.33. The Kier molecular flexibility index (Phi) is 4.60. The predicted octanol–water partition coefficient (Wildman–Crippen LogP) is 1.37. The average molecular weight is 303 g/mol. The van der Waals surface area contributed by atoms with E-state index in [1.54, 1.807) is 6.20 Å². The summed E-state index contributed by atoms with van der Waals surface area (Å²) >= 11 is 0. The Hall–Kier alpha value is -2.05. The summed E-state index contributed by atoms with van der Waals surface area (Å²) in [5.74, 6) is 1.44. The lowest BCUT2D eigenvalue weighted by molar-refractivity contribution is 0.160. The van der Waals surface area contributed by atoms with Gasteiger partial charge in [-0.15, -0.1) is 0 Å². The molecule has 0 fully saturated rings. The number of aliphatic hydroxyl groups excluding tert-OH is 1. The molecule has 6 heteroatoms. The third-order valence-electron chi connectivity index (χ3n) is 3.63. The molecule has 0 bridgehead atoms. The van der Waals surface area contributed by atoms with Crippen molar-refractivity contribution in [2.45, 2.75) is 25.6 Å². The standard InChI is InChI=1S/C16H21N3O3/c1-12(11-19-6-2-5-18-19)17-10-14(20)13-3-4-15-16(9-13)22-8-7-21-15/h2-6,9,12,14,17,20H,7-8,10-11H2,1H3/t12-,14+/m1/s1. The molecule has 1 aromatic carbocycles. The highest BCUT2D eigenvalue weighted by atomic mass is 16.6. The number of aliphatic hydroxyl groups is 1. The Labute approximate surface area is 129 Å². The van der Waals surface area contributed by atoms with E-state index in [2.05, 4.69) is 17.3 Å². The van der Waals surface area contributed by atoms with Crippen LogP contribution in [0.5, 0.6) is 11.5 Å². The maximum Gasteiger partial charge on any atom is 0.161 e. The van der Waals surface area contributed by atoms with Gasteiger partial charge in [-0.3, -0.25) is 4.68 Å². The molecule has 2 atom stereocenters. The minimum absolute atomic E-state index is 0.215. The van der Waals surface area contributed by atoms with E-state index < -0.39 is 6.10 Å². The number of benzene rings is 1. The third-order valence-corrected chi connectivity index (χ3v) is 3.63. The van der Waals surface area contributed by atoms with Crippen LogP contribution in [0.2, 0.25) is 0 Å². The van der Waals surface area contributed by atoms with E-state index in [-0.39, 0.29) is 6.04 Å². The second-order valence-corrected chi connectivity index (χ2v) is 5.46. The van der Waals surface area contributed by atoms with Gasteiger partial charge in [0.15, 0.2) is 11.5 Å². The van der Waals surface area contributed by atoms with Crippen LogP contribution in [0.15, 0.2) is 36.7 Å². The quantitative estimate of drug-likeness (QED) is 0.843. The summed E-state index contributed by atoms with van der Waals surface area (Å²) in [4.78, 5) is 0. The molecule has 2 N–H and O–H groups in total. The van der Waals surface area contributed by atoms with E-state index >= 15 is 0 Å². The van der Waals surface area contributed by atoms with Gasteiger partial charge in [-0.25, -0.2) is 0 Å². The fraction of sp³-hybridized carbons (Fsp3) is 0.438. The monoisotopic (exact) mass is 303 g/mol. The summed E-state index contributed by atoms with van der Waals surface area (Å²) in [5, 5.41) is 17.8. The van der Waals surface area contributed by atoms with Crippen molar-refractivity contribution in [2.24, 2.45) is 0 Å². The number of aromatic nitrogens is 2. The zero-order chi connectivity index (χ0) is 15.4. The van der Waals surface area contributed by atoms with Crippen LogP contribution in [0.25, 0.3) is 0 Å². The molecule has 0 aliphatic carbocycles. The van der Waals surface area contributed by atoms with Crippen molar-refractivity contribution in [3.8, 4) is 11.5 Å². The van der Waals surface area contributed by atoms with Crippen LogP contribution < -0.4 is 14.8 Å². The number of ether oxygens (including phenoxy) is 2. The molecule has 0 unspecified atom stereocenters. The van der Waals surface area contributed by atoms with Crippen molar-refractivity contribution >= 4 is 0 Å². The van der Waals surface area contributed by atoms with Gasteiger partial charge in [0.2, 0.25) is 0 Å². The van der Waals surface area contributed by atoms with Crippen LogP contribution in [-0.2, 0) is 6.54 Å². The van der Waals surface area contributed by atoms with Gasteiger partial charge in [0.05, 0.1) is 12.6 Å². The molecule has 22 heavy (non-hydrogen) atoms. The first-order valence-corrected chi connectivity index (χ1v) is 7.51. The number of rotatable bonds is 6. The second kappa shape index (κ2) is 6.81. The SMILES string of the molecule is C[C@H](Cn1cccn1)NC[C@H](O)c1ccc2c(c1)OCCO2. The molecule has 0 radical (unpaired) electrons. The van der Waals surface area contributed by atoms with Gasteiger partial charge in [0.25, 0.3) is 0 Å². The second-order valence-electron chi connectivity index (χ2n) is 5.46. The van der Waals surface area contributed by atoms with Crippen LogP contribution in [0.4, 0.5) is 0 Å². The van der Waals surface area contributed by atoms with Crippen LogP contribution >= 0.6 is 0 Å². The molecule has 2 aromatic rings. The Bertz CT molecular complexity index is 601. The number of hydrogen-bond acceptors (Lipinski definition) is 5. The smallest absolute Gasteiger partial charge is 0.161 e. The van der Waals surface area contributed by atoms with Gasteiger partial charge in [0.1, 0.15) is 13.2 Å². The zero-order valence-corrected chi connectivity index (χ0v) is 12.6. The number of fused-ring (bicyclic) bond motifs is 1. The molecule has 0 saturated carbocycles. The molecule has 3 rings (SSSR count). The normalized spacial score (nSPS) is 16.3. The van der Waals surface area contributed by atoms with Crippen LogP contribution in [-0.4, -0.2) is 40.7 Å². The van der Waals surface area contributed by atoms with Gasteiger partial charge < -0.3 is 19.9 Å². The van der Waals surface area contributed by atoms with Gasteiger partial charge in [-0.2, -0.15) is 5.10 Å². The van der Waals surface area contributed by atoms with Crippen LogP contribution in [0.1, 0.15) is 18.6 Å². The number of hydrogen-bond donors (Lipinski definition) is 2. The number of nitrogens with zero attached hydrogens (tertiary/aromatic N) is 2. The van der Waals surface area contributed by atoms with Crippen molar-refractivity contribution < 1.29 is 14.6 Å². The van der Waals surface area contributed by atoms with Crippen molar-refractivity contribution in [3.63, 3.8) is 0 Å². The molecule has 2 heterocycles. The summed E-state index contributed by atoms with van der Waals surface area (Å²) in [6.07, 6.45) is 3.10. The van der Waals surface area contributed by atoms with E-state index in [9.17, 15) is 5.11 Å². The third kappa shape index (κ3) is 3.58. The van der Waals surface area contributed by atoms with E-state index in [1.807, 2.05) is 35.1 Å². The molecule has 0 amide bonds. The molecular weight excluding hydrogens is 282 g/mol. The summed E-state index contributed by atoms with van der Waals surface area (Å²) in [5.41, 5.74) is 0.822. The fourth-order valence-corrected chi connectivity index (χ4v) is 2.45. The summed E-state index contributed by atoms with van der Waals surface area (Å²) in [6.45, 7) is 4.42. The molecule has 1 aromatic heterocycles. The zero-order valence-electron chi connectivity index (χ0n) is 12.6. The molecule has 1 aliphatic rings. The van der Waals surface area contributed by atoms with Crippen molar-refractivity contribution in [1.82, 2.24) is 15.1 Å². The van der Waals surface area contributed by atoms with Crippen LogP contribution in [0, 0.1) is 0 Å². The lowest BCUT2D eigenvalue weighted by atomic mass is 10.1. The fourth-order valence-electron chi connectivity index (χ4n) is 2.45. The topological polar surface area (TPSA) is 68.5 Å². The largest absolute Gasteiger partial charge is 0.486 e. The predicted molar refractivity (Wildman–Crippen MR) is 82.1 cm³/mol. The molecule has 0 saturated heterocycles. The highest BCUT2D eigenvalue weighted by Crippen LogP contribution is 2.32. The van der Waals surface area contributed by atoms with E-state index in [1.165, 1.54) is 0 Å². The van der Waals surface area contributed by atoms with Crippen molar-refractivity contribution in [2.75, 3.05) is 19.8 Å². The molecular formula is C16H21N3O3. The minimum Gasteiger partial charge on any atom is -0.486 e. The Morgan fingerprint density at radius 3 is 2.91 bits per heavy atom. The maximum atomic E-state index is 10.3. The summed E-state index contributed by atoms with van der Waals surface area (Å²) < 4.78 is 12.9. The van der Waals surface area contributed by atoms with Gasteiger partial charge >= 0.3 is 0 Å². The van der Waals surface area contributed by atoms with Gasteiger partial charge in [-0.05, 0) is 30.7 Å². The Morgan fingerprint density at radius 1 is 1.32 bits per heavy atom. The van der Waals surface area contributed by atoms with Crippen LogP contribution in [0.3, 0.4) is 0 Å². The summed E-state index contributed by atoms with van der Waals surface area (Å²) in [7, 11) is 0.